The van der Waals surface area contributed by atoms with Crippen molar-refractivity contribution >= 4 is 61.0 Å². The monoisotopic (exact) mass is 701 g/mol. The fourth-order valence-corrected chi connectivity index (χ4v) is 5.26. The minimum absolute atomic E-state index is 0.426. The lowest BCUT2D eigenvalue weighted by atomic mass is 10.1. The molecular weight excluding hydrogens is 663 g/mol. The van der Waals surface area contributed by atoms with E-state index in [0.29, 0.717) is 11.3 Å². The Morgan fingerprint density at radius 3 is 1.92 bits per heavy atom. The van der Waals surface area contributed by atoms with Crippen LogP contribution in [0, 0.1) is 20.8 Å². The van der Waals surface area contributed by atoms with Gasteiger partial charge in [-0.05, 0) is 86.5 Å². The van der Waals surface area contributed by atoms with E-state index in [4.69, 9.17) is 5.73 Å². The number of benzene rings is 4. The SMILES string of the molecule is Cc1ccc2n[nH]nc2c1.Cc1ccc2ncccc2c1.Cc1ccc2nccnc2c1.Cn1cnc2c(N)ncnc21.Cn1cnc2ccccc21. The zero-order chi connectivity index (χ0) is 37.2. The number of hydrogen-bond donors (Lipinski definition) is 2. The molecule has 0 saturated carbocycles. The van der Waals surface area contributed by atoms with Crippen LogP contribution in [0.3, 0.4) is 0 Å². The summed E-state index contributed by atoms with van der Waals surface area (Å²) in [4.78, 5) is 28.6. The van der Waals surface area contributed by atoms with Gasteiger partial charge in [0, 0.05) is 38.1 Å². The first-order chi connectivity index (χ1) is 25.7. The fourth-order valence-electron chi connectivity index (χ4n) is 5.26. The molecule has 53 heavy (non-hydrogen) atoms. The minimum atomic E-state index is 0.426. The highest BCUT2D eigenvalue weighted by atomic mass is 15.3. The number of hydrogen-bond acceptors (Lipinski definition) is 10. The van der Waals surface area contributed by atoms with E-state index in [0.717, 1.165) is 38.7 Å². The predicted octanol–water partition coefficient (Wildman–Crippen LogP) is 7.27. The number of imidazole rings is 2. The number of nitrogen functional groups attached to an aromatic ring is 1. The number of nitrogens with two attached hydrogens (primary N) is 1. The van der Waals surface area contributed by atoms with Crippen molar-refractivity contribution in [3.8, 4) is 0 Å². The summed E-state index contributed by atoms with van der Waals surface area (Å²) in [6, 6.07) is 30.4. The highest BCUT2D eigenvalue weighted by molar-refractivity contribution is 5.81. The maximum absolute atomic E-state index is 5.54. The largest absolute Gasteiger partial charge is 0.382 e. The molecule has 0 fully saturated rings. The van der Waals surface area contributed by atoms with Crippen LogP contribution in [0.4, 0.5) is 5.82 Å². The normalized spacial score (nSPS) is 10.4. The Balaban J connectivity index is 0.000000113. The van der Waals surface area contributed by atoms with Gasteiger partial charge in [-0.2, -0.15) is 15.4 Å². The van der Waals surface area contributed by atoms with E-state index in [-0.39, 0.29) is 0 Å². The lowest BCUT2D eigenvalue weighted by molar-refractivity contribution is 0.928. The third-order valence-corrected chi connectivity index (χ3v) is 8.01. The molecule has 0 atom stereocenters. The molecular formula is C40H39N13. The quantitative estimate of drug-likeness (QED) is 0.164. The molecule has 4 aromatic carbocycles. The van der Waals surface area contributed by atoms with E-state index >= 15 is 0 Å². The molecule has 264 valence electrons. The van der Waals surface area contributed by atoms with E-state index in [1.54, 1.807) is 23.3 Å². The zero-order valence-corrected chi connectivity index (χ0v) is 30.1. The Bertz CT molecular complexity index is 2650. The van der Waals surface area contributed by atoms with Crippen molar-refractivity contribution in [2.45, 2.75) is 20.8 Å². The zero-order valence-electron chi connectivity index (χ0n) is 30.1. The van der Waals surface area contributed by atoms with E-state index in [1.165, 1.54) is 33.9 Å². The molecule has 6 aromatic heterocycles. The molecule has 3 N–H and O–H groups in total. The van der Waals surface area contributed by atoms with Crippen molar-refractivity contribution in [1.82, 2.24) is 59.4 Å². The van der Waals surface area contributed by atoms with Gasteiger partial charge >= 0.3 is 0 Å². The molecule has 13 nitrogen and oxygen atoms in total. The molecule has 0 saturated heterocycles. The Hall–Kier alpha value is -7.15. The first-order valence-corrected chi connectivity index (χ1v) is 16.7. The van der Waals surface area contributed by atoms with Gasteiger partial charge in [-0.3, -0.25) is 15.0 Å². The smallest absolute Gasteiger partial charge is 0.165 e. The summed E-state index contributed by atoms with van der Waals surface area (Å²) in [6.07, 6.45) is 10.1. The molecule has 10 rings (SSSR count). The highest BCUT2D eigenvalue weighted by Gasteiger charge is 2.03. The molecule has 0 bridgehead atoms. The van der Waals surface area contributed by atoms with Gasteiger partial charge in [0.25, 0.3) is 0 Å². The number of H-pyrrole nitrogens is 1. The second-order valence-corrected chi connectivity index (χ2v) is 12.2. The molecule has 0 unspecified atom stereocenters. The number of rotatable bonds is 0. The number of nitrogens with zero attached hydrogens (tertiary/aromatic N) is 11. The number of aryl methyl sites for hydroxylation is 5. The van der Waals surface area contributed by atoms with Gasteiger partial charge in [-0.15, -0.1) is 0 Å². The maximum atomic E-state index is 5.54. The number of anilines is 1. The van der Waals surface area contributed by atoms with Crippen LogP contribution < -0.4 is 5.73 Å². The highest BCUT2D eigenvalue weighted by Crippen LogP contribution is 2.14. The minimum Gasteiger partial charge on any atom is -0.382 e. The van der Waals surface area contributed by atoms with Gasteiger partial charge in [0.2, 0.25) is 0 Å². The van der Waals surface area contributed by atoms with E-state index in [2.05, 4.69) is 81.5 Å². The summed E-state index contributed by atoms with van der Waals surface area (Å²) in [5.41, 5.74) is 17.8. The third kappa shape index (κ3) is 9.15. The molecule has 6 heterocycles. The number of aromatic amines is 1. The third-order valence-electron chi connectivity index (χ3n) is 8.01. The second-order valence-electron chi connectivity index (χ2n) is 12.2. The van der Waals surface area contributed by atoms with Gasteiger partial charge in [-0.25, -0.2) is 19.9 Å². The van der Waals surface area contributed by atoms with Gasteiger partial charge in [0.05, 0.1) is 40.2 Å². The fraction of sp³-hybridized carbons (Fsp3) is 0.125. The number of para-hydroxylation sites is 2. The summed E-state index contributed by atoms with van der Waals surface area (Å²) in [5.74, 6) is 0.426. The number of fused-ring (bicyclic) bond motifs is 5. The molecule has 0 aliphatic heterocycles. The molecule has 13 heteroatoms. The number of pyridine rings is 1. The standard InChI is InChI=1S/C10H9N.C9H8N2.C8H8N2.C7H7N3.C6H7N5/c1-8-4-5-10-9(7-8)3-2-6-11-10;1-7-2-3-8-9(6-7)11-5-4-10-8;1-10-6-9-7-4-2-3-5-8(7)10;1-5-2-3-6-7(4-5)9-10-8-6;1-11-3-10-4-5(7)8-2-9-6(4)11/h2-7H,1H3;2-6H,1H3;2-6H,1H3;2-4H,1H3,(H,8,9,10);2-3H,1H3,(H2,7,8,9). The van der Waals surface area contributed by atoms with Gasteiger partial charge in [0.15, 0.2) is 11.5 Å². The average Bonchev–Trinajstić information content (AvgIpc) is 3.91. The van der Waals surface area contributed by atoms with Gasteiger partial charge in [-0.1, -0.05) is 42.0 Å². The van der Waals surface area contributed by atoms with Crippen LogP contribution in [-0.4, -0.2) is 59.4 Å². The topological polar surface area (TPSA) is 168 Å². The molecule has 0 spiro atoms. The van der Waals surface area contributed by atoms with Crippen molar-refractivity contribution in [2.75, 3.05) is 5.73 Å². The van der Waals surface area contributed by atoms with Crippen LogP contribution in [0.2, 0.25) is 0 Å². The summed E-state index contributed by atoms with van der Waals surface area (Å²) in [5, 5.41) is 11.6. The van der Waals surface area contributed by atoms with Gasteiger partial charge < -0.3 is 14.9 Å². The molecule has 10 aromatic rings. The van der Waals surface area contributed by atoms with Crippen LogP contribution in [0.25, 0.3) is 55.2 Å². The first kappa shape index (κ1) is 35.7. The van der Waals surface area contributed by atoms with Crippen LogP contribution >= 0.6 is 0 Å². The van der Waals surface area contributed by atoms with Crippen LogP contribution in [-0.2, 0) is 14.1 Å². The van der Waals surface area contributed by atoms with Gasteiger partial charge in [0.1, 0.15) is 22.9 Å². The van der Waals surface area contributed by atoms with Crippen molar-refractivity contribution in [2.24, 2.45) is 14.1 Å². The second kappa shape index (κ2) is 16.7. The predicted molar refractivity (Wildman–Crippen MR) is 211 cm³/mol. The Morgan fingerprint density at radius 1 is 0.509 bits per heavy atom. The van der Waals surface area contributed by atoms with Crippen LogP contribution in [0.15, 0.2) is 129 Å². The van der Waals surface area contributed by atoms with Crippen LogP contribution in [0.5, 0.6) is 0 Å². The average molecular weight is 702 g/mol. The number of aromatic nitrogens is 12. The summed E-state index contributed by atoms with van der Waals surface area (Å²) in [6.45, 7) is 6.18. The van der Waals surface area contributed by atoms with Crippen LogP contribution in [0.1, 0.15) is 16.7 Å². The summed E-state index contributed by atoms with van der Waals surface area (Å²) in [7, 11) is 3.86. The molecule has 0 amide bonds. The van der Waals surface area contributed by atoms with Crippen molar-refractivity contribution < 1.29 is 0 Å². The van der Waals surface area contributed by atoms with Crippen molar-refractivity contribution in [1.29, 1.82) is 0 Å². The lowest BCUT2D eigenvalue weighted by Gasteiger charge is -1.95. The molecule has 0 aliphatic carbocycles. The molecule has 0 radical (unpaired) electrons. The Labute approximate surface area is 305 Å². The number of nitrogens with one attached hydrogen (secondary N) is 1. The Morgan fingerprint density at radius 2 is 1.15 bits per heavy atom. The summed E-state index contributed by atoms with van der Waals surface area (Å²) >= 11 is 0. The maximum Gasteiger partial charge on any atom is 0.165 e. The van der Waals surface area contributed by atoms with E-state index in [1.807, 2.05) is 112 Å². The first-order valence-electron chi connectivity index (χ1n) is 16.7. The van der Waals surface area contributed by atoms with Crippen molar-refractivity contribution in [3.63, 3.8) is 0 Å². The summed E-state index contributed by atoms with van der Waals surface area (Å²) < 4.78 is 3.81. The van der Waals surface area contributed by atoms with Crippen molar-refractivity contribution in [3.05, 3.63) is 145 Å². The lowest BCUT2D eigenvalue weighted by Crippen LogP contribution is -1.94. The van der Waals surface area contributed by atoms with E-state index in [9.17, 15) is 0 Å². The Kier molecular flexibility index (Phi) is 11.2. The molecule has 0 aliphatic rings. The van der Waals surface area contributed by atoms with E-state index < -0.39 is 0 Å².